The average molecular weight is 397 g/mol. The Morgan fingerprint density at radius 1 is 1.12 bits per heavy atom. The molecule has 0 radical (unpaired) electrons. The highest BCUT2D eigenvalue weighted by Gasteiger charge is 2.14. The Morgan fingerprint density at radius 2 is 2.04 bits per heavy atom. The molecule has 0 bridgehead atoms. The van der Waals surface area contributed by atoms with Gasteiger partial charge in [0.2, 0.25) is 0 Å². The average Bonchev–Trinajstić information content (AvgIpc) is 3.34. The molecule has 4 aromatic rings. The van der Waals surface area contributed by atoms with E-state index in [0.29, 0.717) is 17.2 Å². The SMILES string of the molecule is CC(c1ccc(Br)cn1)n1cc(-c2cncc(-n3cccn3)n2)nn1. The van der Waals surface area contributed by atoms with Crippen LogP contribution < -0.4 is 0 Å². The summed E-state index contributed by atoms with van der Waals surface area (Å²) in [5, 5.41) is 12.6. The monoisotopic (exact) mass is 396 g/mol. The van der Waals surface area contributed by atoms with E-state index in [1.165, 1.54) is 0 Å². The second-order valence-electron chi connectivity index (χ2n) is 5.37. The third kappa shape index (κ3) is 3.18. The third-order valence-electron chi connectivity index (χ3n) is 3.71. The summed E-state index contributed by atoms with van der Waals surface area (Å²) in [6, 6.07) is 5.69. The molecule has 0 aliphatic rings. The van der Waals surface area contributed by atoms with E-state index < -0.39 is 0 Å². The zero-order valence-corrected chi connectivity index (χ0v) is 14.8. The van der Waals surface area contributed by atoms with E-state index in [1.807, 2.05) is 37.5 Å². The van der Waals surface area contributed by atoms with Crippen LogP contribution in [0.3, 0.4) is 0 Å². The quantitative estimate of drug-likeness (QED) is 0.526. The minimum Gasteiger partial charge on any atom is -0.258 e. The fraction of sp³-hybridized carbons (Fsp3) is 0.125. The van der Waals surface area contributed by atoms with Crippen molar-refractivity contribution in [2.75, 3.05) is 0 Å². The van der Waals surface area contributed by atoms with Crippen LogP contribution in [0, 0.1) is 0 Å². The maximum Gasteiger partial charge on any atom is 0.172 e. The molecular formula is C16H13BrN8. The van der Waals surface area contributed by atoms with E-state index in [4.69, 9.17) is 0 Å². The summed E-state index contributed by atoms with van der Waals surface area (Å²) in [6.45, 7) is 2.01. The second-order valence-corrected chi connectivity index (χ2v) is 6.29. The van der Waals surface area contributed by atoms with Gasteiger partial charge in [0.25, 0.3) is 0 Å². The van der Waals surface area contributed by atoms with E-state index in [-0.39, 0.29) is 6.04 Å². The number of hydrogen-bond acceptors (Lipinski definition) is 6. The molecule has 0 amide bonds. The number of pyridine rings is 1. The molecule has 0 N–H and O–H groups in total. The van der Waals surface area contributed by atoms with Crippen molar-refractivity contribution in [2.24, 2.45) is 0 Å². The Kier molecular flexibility index (Phi) is 4.06. The van der Waals surface area contributed by atoms with E-state index in [1.54, 1.807) is 34.2 Å². The van der Waals surface area contributed by atoms with Crippen LogP contribution >= 0.6 is 15.9 Å². The van der Waals surface area contributed by atoms with Crippen molar-refractivity contribution in [2.45, 2.75) is 13.0 Å². The number of hydrogen-bond donors (Lipinski definition) is 0. The lowest BCUT2D eigenvalue weighted by atomic mass is 10.2. The highest BCUT2D eigenvalue weighted by molar-refractivity contribution is 9.10. The normalized spacial score (nSPS) is 12.2. The van der Waals surface area contributed by atoms with Crippen LogP contribution in [-0.2, 0) is 0 Å². The van der Waals surface area contributed by atoms with Crippen LogP contribution in [0.2, 0.25) is 0 Å². The molecule has 1 unspecified atom stereocenters. The Balaban J connectivity index is 1.63. The zero-order chi connectivity index (χ0) is 17.2. The number of halogens is 1. The molecule has 124 valence electrons. The summed E-state index contributed by atoms with van der Waals surface area (Å²) >= 11 is 3.39. The van der Waals surface area contributed by atoms with Crippen LogP contribution in [-0.4, -0.2) is 39.7 Å². The predicted octanol–water partition coefficient (Wildman–Crippen LogP) is 2.69. The topological polar surface area (TPSA) is 87.2 Å². The molecule has 0 spiro atoms. The molecule has 0 saturated heterocycles. The Hall–Kier alpha value is -2.94. The van der Waals surface area contributed by atoms with Gasteiger partial charge in [0.1, 0.15) is 11.4 Å². The van der Waals surface area contributed by atoms with Crippen molar-refractivity contribution >= 4 is 15.9 Å². The number of rotatable bonds is 4. The van der Waals surface area contributed by atoms with Crippen molar-refractivity contribution in [3.63, 3.8) is 0 Å². The molecule has 25 heavy (non-hydrogen) atoms. The van der Waals surface area contributed by atoms with Gasteiger partial charge in [-0.25, -0.2) is 14.3 Å². The number of nitrogens with zero attached hydrogens (tertiary/aromatic N) is 8. The van der Waals surface area contributed by atoms with Crippen molar-refractivity contribution in [3.8, 4) is 17.2 Å². The first-order valence-electron chi connectivity index (χ1n) is 7.56. The van der Waals surface area contributed by atoms with Gasteiger partial charge in [0.15, 0.2) is 5.82 Å². The van der Waals surface area contributed by atoms with Crippen molar-refractivity contribution in [1.29, 1.82) is 0 Å². The molecule has 0 saturated carbocycles. The molecule has 4 aromatic heterocycles. The maximum atomic E-state index is 4.54. The molecule has 9 heteroatoms. The summed E-state index contributed by atoms with van der Waals surface area (Å²) in [7, 11) is 0. The lowest BCUT2D eigenvalue weighted by Gasteiger charge is -2.10. The summed E-state index contributed by atoms with van der Waals surface area (Å²) in [5.74, 6) is 0.625. The van der Waals surface area contributed by atoms with Crippen LogP contribution in [0.4, 0.5) is 0 Å². The van der Waals surface area contributed by atoms with Crippen molar-refractivity contribution in [1.82, 2.24) is 39.7 Å². The van der Waals surface area contributed by atoms with Gasteiger partial charge in [-0.15, -0.1) is 5.10 Å². The number of aromatic nitrogens is 8. The van der Waals surface area contributed by atoms with Crippen LogP contribution in [0.15, 0.2) is 59.9 Å². The minimum atomic E-state index is -0.0448. The summed E-state index contributed by atoms with van der Waals surface area (Å²) < 4.78 is 4.34. The zero-order valence-electron chi connectivity index (χ0n) is 13.2. The van der Waals surface area contributed by atoms with Gasteiger partial charge in [-0.3, -0.25) is 9.97 Å². The molecule has 8 nitrogen and oxygen atoms in total. The Labute approximate surface area is 151 Å². The summed E-state index contributed by atoms with van der Waals surface area (Å²) in [4.78, 5) is 13.2. The molecule has 0 fully saturated rings. The van der Waals surface area contributed by atoms with Crippen molar-refractivity contribution in [3.05, 3.63) is 65.5 Å². The fourth-order valence-corrected chi connectivity index (χ4v) is 2.58. The first-order valence-corrected chi connectivity index (χ1v) is 8.36. The van der Waals surface area contributed by atoms with Crippen LogP contribution in [0.1, 0.15) is 18.7 Å². The van der Waals surface area contributed by atoms with Gasteiger partial charge in [-0.1, -0.05) is 5.21 Å². The van der Waals surface area contributed by atoms with Crippen LogP contribution in [0.25, 0.3) is 17.2 Å². The fourth-order valence-electron chi connectivity index (χ4n) is 2.35. The van der Waals surface area contributed by atoms with Gasteiger partial charge >= 0.3 is 0 Å². The minimum absolute atomic E-state index is 0.0448. The highest BCUT2D eigenvalue weighted by atomic mass is 79.9. The highest BCUT2D eigenvalue weighted by Crippen LogP contribution is 2.20. The third-order valence-corrected chi connectivity index (χ3v) is 4.18. The molecule has 0 aromatic carbocycles. The first-order chi connectivity index (χ1) is 12.2. The van der Waals surface area contributed by atoms with E-state index in [9.17, 15) is 0 Å². The van der Waals surface area contributed by atoms with Gasteiger partial charge < -0.3 is 0 Å². The van der Waals surface area contributed by atoms with Gasteiger partial charge in [-0.2, -0.15) is 5.10 Å². The van der Waals surface area contributed by atoms with Crippen LogP contribution in [0.5, 0.6) is 0 Å². The van der Waals surface area contributed by atoms with Gasteiger partial charge in [0.05, 0.1) is 30.3 Å². The molecule has 1 atom stereocenters. The second kappa shape index (κ2) is 6.52. The first kappa shape index (κ1) is 15.6. The Bertz CT molecular complexity index is 978. The summed E-state index contributed by atoms with van der Waals surface area (Å²) in [5.41, 5.74) is 2.18. The van der Waals surface area contributed by atoms with E-state index >= 15 is 0 Å². The maximum absolute atomic E-state index is 4.54. The molecule has 4 heterocycles. The van der Waals surface area contributed by atoms with E-state index in [0.717, 1.165) is 10.2 Å². The predicted molar refractivity (Wildman–Crippen MR) is 93.9 cm³/mol. The molecule has 4 rings (SSSR count). The smallest absolute Gasteiger partial charge is 0.172 e. The Morgan fingerprint density at radius 3 is 2.80 bits per heavy atom. The molecule has 0 aliphatic carbocycles. The summed E-state index contributed by atoms with van der Waals surface area (Å²) in [6.07, 6.45) is 10.4. The largest absolute Gasteiger partial charge is 0.258 e. The lowest BCUT2D eigenvalue weighted by molar-refractivity contribution is 0.531. The van der Waals surface area contributed by atoms with Gasteiger partial charge in [0, 0.05) is 23.1 Å². The van der Waals surface area contributed by atoms with Crippen molar-refractivity contribution < 1.29 is 0 Å². The molecular weight excluding hydrogens is 384 g/mol. The standard InChI is InChI=1S/C16H13BrN8/c1-11(13-4-3-12(17)7-19-13)25-10-15(22-23-25)14-8-18-9-16(21-14)24-6-2-5-20-24/h2-11H,1H3. The lowest BCUT2D eigenvalue weighted by Crippen LogP contribution is -2.09. The molecule has 0 aliphatic heterocycles. The van der Waals surface area contributed by atoms with Gasteiger partial charge in [-0.05, 0) is 41.1 Å². The van der Waals surface area contributed by atoms with E-state index in [2.05, 4.69) is 46.3 Å².